The molecule has 0 amide bonds. The van der Waals surface area contributed by atoms with Crippen molar-refractivity contribution < 1.29 is 4.74 Å². The molecule has 0 aliphatic rings. The highest BCUT2D eigenvalue weighted by molar-refractivity contribution is 7.99. The average molecular weight is 280 g/mol. The Hall–Kier alpha value is -1.20. The van der Waals surface area contributed by atoms with Gasteiger partial charge in [0.2, 0.25) is 0 Å². The van der Waals surface area contributed by atoms with Crippen LogP contribution in [-0.2, 0) is 6.54 Å². The third kappa shape index (κ3) is 2.79. The highest BCUT2D eigenvalue weighted by atomic mass is 32.2. The number of hydrogen-bond acceptors (Lipinski definition) is 3. The van der Waals surface area contributed by atoms with Crippen LogP contribution in [0.15, 0.2) is 30.9 Å². The van der Waals surface area contributed by atoms with Gasteiger partial charge in [-0.3, -0.25) is 0 Å². The number of nitrogens with one attached hydrogen (secondary N) is 1. The maximum absolute atomic E-state index is 5.35. The molecule has 0 bridgehead atoms. The molecule has 1 N–H and O–H groups in total. The number of H-pyrrole nitrogens is 1. The number of rotatable bonds is 6. The van der Waals surface area contributed by atoms with E-state index in [4.69, 9.17) is 17.0 Å². The Morgan fingerprint density at radius 1 is 1.56 bits per heavy atom. The number of thioether (sulfide) groups is 1. The summed E-state index contributed by atoms with van der Waals surface area (Å²) in [6.45, 7) is 4.61. The Balaban J connectivity index is 2.27. The van der Waals surface area contributed by atoms with Gasteiger partial charge in [-0.05, 0) is 24.4 Å². The smallest absolute Gasteiger partial charge is 0.178 e. The molecule has 2 rings (SSSR count). The first-order valence-corrected chi connectivity index (χ1v) is 7.27. The van der Waals surface area contributed by atoms with Gasteiger partial charge in [0.05, 0.1) is 18.1 Å². The molecule has 0 spiro atoms. The molecule has 0 aliphatic heterocycles. The molecule has 1 heterocycles. The van der Waals surface area contributed by atoms with Crippen molar-refractivity contribution >= 4 is 35.0 Å². The molecule has 18 heavy (non-hydrogen) atoms. The van der Waals surface area contributed by atoms with E-state index < -0.39 is 0 Å². The second-order valence-corrected chi connectivity index (χ2v) is 5.36. The van der Waals surface area contributed by atoms with E-state index in [0.29, 0.717) is 0 Å². The standard InChI is InChI=1S/C13H16N2OS2/c1-3-7-18-8-6-15-12-9-10(16-2)4-5-11(12)14-13(15)17/h3-5,9H,1,6-8H2,2H3,(H,14,17). The predicted octanol–water partition coefficient (Wildman–Crippen LogP) is 3.63. The lowest BCUT2D eigenvalue weighted by molar-refractivity contribution is 0.415. The minimum atomic E-state index is 0.762. The molecule has 0 fully saturated rings. The van der Waals surface area contributed by atoms with Gasteiger partial charge < -0.3 is 14.3 Å². The van der Waals surface area contributed by atoms with Gasteiger partial charge in [0, 0.05) is 24.1 Å². The van der Waals surface area contributed by atoms with Gasteiger partial charge in [-0.15, -0.1) is 6.58 Å². The monoisotopic (exact) mass is 280 g/mol. The molecule has 1 aromatic carbocycles. The summed E-state index contributed by atoms with van der Waals surface area (Å²) in [6, 6.07) is 5.95. The van der Waals surface area contributed by atoms with Crippen LogP contribution in [0.1, 0.15) is 0 Å². The summed E-state index contributed by atoms with van der Waals surface area (Å²) in [5.74, 6) is 2.84. The fraction of sp³-hybridized carbons (Fsp3) is 0.308. The van der Waals surface area contributed by atoms with Gasteiger partial charge in [-0.1, -0.05) is 6.08 Å². The van der Waals surface area contributed by atoms with Crippen LogP contribution in [0.25, 0.3) is 11.0 Å². The molecule has 5 heteroatoms. The summed E-state index contributed by atoms with van der Waals surface area (Å²) in [7, 11) is 1.67. The van der Waals surface area contributed by atoms with Gasteiger partial charge >= 0.3 is 0 Å². The van der Waals surface area contributed by atoms with E-state index in [9.17, 15) is 0 Å². The first kappa shape index (κ1) is 13.2. The van der Waals surface area contributed by atoms with Crippen molar-refractivity contribution in [2.75, 3.05) is 18.6 Å². The van der Waals surface area contributed by atoms with E-state index in [1.165, 1.54) is 0 Å². The minimum absolute atomic E-state index is 0.762. The topological polar surface area (TPSA) is 29.9 Å². The molecule has 3 nitrogen and oxygen atoms in total. The maximum Gasteiger partial charge on any atom is 0.178 e. The number of aromatic nitrogens is 2. The summed E-state index contributed by atoms with van der Waals surface area (Å²) in [4.78, 5) is 3.21. The zero-order valence-electron chi connectivity index (χ0n) is 10.3. The largest absolute Gasteiger partial charge is 0.497 e. The molecular formula is C13H16N2OS2. The number of methoxy groups -OCH3 is 1. The summed E-state index contributed by atoms with van der Waals surface area (Å²) in [5, 5.41) is 0. The van der Waals surface area contributed by atoms with E-state index in [-0.39, 0.29) is 0 Å². The molecule has 2 aromatic rings. The molecule has 1 aromatic heterocycles. The van der Waals surface area contributed by atoms with Crippen LogP contribution in [0.2, 0.25) is 0 Å². The lowest BCUT2D eigenvalue weighted by Gasteiger charge is -2.05. The fourth-order valence-corrected chi connectivity index (χ4v) is 2.75. The SMILES string of the molecule is C=CCSCCn1c(=S)[nH]c2ccc(OC)cc21. The van der Waals surface area contributed by atoms with Gasteiger partial charge in [-0.2, -0.15) is 11.8 Å². The Morgan fingerprint density at radius 2 is 2.39 bits per heavy atom. The zero-order chi connectivity index (χ0) is 13.0. The van der Waals surface area contributed by atoms with Crippen molar-refractivity contribution in [1.29, 1.82) is 0 Å². The van der Waals surface area contributed by atoms with Crippen LogP contribution in [-0.4, -0.2) is 28.2 Å². The third-order valence-corrected chi connectivity index (χ3v) is 3.94. The van der Waals surface area contributed by atoms with E-state index in [1.807, 2.05) is 36.0 Å². The third-order valence-electron chi connectivity index (χ3n) is 2.68. The minimum Gasteiger partial charge on any atom is -0.497 e. The highest BCUT2D eigenvalue weighted by Gasteiger charge is 2.05. The molecule has 96 valence electrons. The number of hydrogen-bond donors (Lipinski definition) is 1. The highest BCUT2D eigenvalue weighted by Crippen LogP contribution is 2.21. The number of nitrogens with zero attached hydrogens (tertiary/aromatic N) is 1. The van der Waals surface area contributed by atoms with Gasteiger partial charge in [-0.25, -0.2) is 0 Å². The maximum atomic E-state index is 5.35. The zero-order valence-corrected chi connectivity index (χ0v) is 11.9. The van der Waals surface area contributed by atoms with Crippen LogP contribution < -0.4 is 4.74 Å². The van der Waals surface area contributed by atoms with Crippen LogP contribution in [0, 0.1) is 4.77 Å². The number of aryl methyl sites for hydroxylation is 1. The molecule has 0 saturated carbocycles. The number of ether oxygens (including phenoxy) is 1. The first-order valence-electron chi connectivity index (χ1n) is 5.71. The van der Waals surface area contributed by atoms with Crippen molar-refractivity contribution in [3.8, 4) is 5.75 Å². The van der Waals surface area contributed by atoms with Crippen LogP contribution in [0.4, 0.5) is 0 Å². The number of fused-ring (bicyclic) bond motifs is 1. The lowest BCUT2D eigenvalue weighted by atomic mass is 10.3. The van der Waals surface area contributed by atoms with Crippen molar-refractivity contribution in [2.24, 2.45) is 0 Å². The summed E-state index contributed by atoms with van der Waals surface area (Å²) in [6.07, 6.45) is 1.92. The Bertz CT molecular complexity index is 601. The molecule has 0 unspecified atom stereocenters. The second kappa shape index (κ2) is 6.11. The summed E-state index contributed by atoms with van der Waals surface area (Å²) >= 11 is 7.20. The van der Waals surface area contributed by atoms with E-state index in [1.54, 1.807) is 7.11 Å². The first-order chi connectivity index (χ1) is 8.76. The normalized spacial score (nSPS) is 10.7. The van der Waals surface area contributed by atoms with Crippen molar-refractivity contribution in [3.05, 3.63) is 35.6 Å². The van der Waals surface area contributed by atoms with Gasteiger partial charge in [0.15, 0.2) is 4.77 Å². The summed E-state index contributed by atoms with van der Waals surface area (Å²) in [5.41, 5.74) is 2.15. The van der Waals surface area contributed by atoms with Gasteiger partial charge in [0.1, 0.15) is 5.75 Å². The molecule has 0 radical (unpaired) electrons. The van der Waals surface area contributed by atoms with E-state index >= 15 is 0 Å². The Labute approximate surface area is 116 Å². The van der Waals surface area contributed by atoms with Crippen molar-refractivity contribution in [3.63, 3.8) is 0 Å². The molecule has 0 aliphatic carbocycles. The van der Waals surface area contributed by atoms with Crippen LogP contribution >= 0.6 is 24.0 Å². The quantitative estimate of drug-likeness (QED) is 0.498. The van der Waals surface area contributed by atoms with Crippen LogP contribution in [0.5, 0.6) is 5.75 Å². The molecular weight excluding hydrogens is 264 g/mol. The Kier molecular flexibility index (Phi) is 4.49. The number of aromatic amines is 1. The van der Waals surface area contributed by atoms with E-state index in [2.05, 4.69) is 16.1 Å². The lowest BCUT2D eigenvalue weighted by Crippen LogP contribution is -2.00. The fourth-order valence-electron chi connectivity index (χ4n) is 1.80. The van der Waals surface area contributed by atoms with Crippen molar-refractivity contribution in [1.82, 2.24) is 9.55 Å². The van der Waals surface area contributed by atoms with Crippen LogP contribution in [0.3, 0.4) is 0 Å². The second-order valence-electron chi connectivity index (χ2n) is 3.83. The van der Waals surface area contributed by atoms with Gasteiger partial charge in [0.25, 0.3) is 0 Å². The number of benzene rings is 1. The average Bonchev–Trinajstić information content (AvgIpc) is 2.70. The summed E-state index contributed by atoms with van der Waals surface area (Å²) < 4.78 is 8.13. The number of imidazole rings is 1. The Morgan fingerprint density at radius 3 is 3.11 bits per heavy atom. The van der Waals surface area contributed by atoms with Crippen molar-refractivity contribution in [2.45, 2.75) is 6.54 Å². The van der Waals surface area contributed by atoms with E-state index in [0.717, 1.165) is 39.6 Å². The molecule has 0 saturated heterocycles. The molecule has 0 atom stereocenters. The predicted molar refractivity (Wildman–Crippen MR) is 81.2 cm³/mol.